The molecule has 1 N–H and O–H groups in total. The Labute approximate surface area is 144 Å². The maximum atomic E-state index is 13.9. The van der Waals surface area contributed by atoms with E-state index in [1.807, 2.05) is 25.1 Å². The summed E-state index contributed by atoms with van der Waals surface area (Å²) in [6.07, 6.45) is 0. The van der Waals surface area contributed by atoms with Crippen LogP contribution in [0.25, 0.3) is 5.69 Å². The summed E-state index contributed by atoms with van der Waals surface area (Å²) in [6.45, 7) is 3.39. The van der Waals surface area contributed by atoms with Gasteiger partial charge in [0, 0.05) is 10.9 Å². The number of aromatic nitrogens is 3. The molecular weight excluding hydrogens is 329 g/mol. The number of aliphatic hydroxyl groups excluding tert-OH is 1. The van der Waals surface area contributed by atoms with Gasteiger partial charge in [0.1, 0.15) is 18.2 Å². The van der Waals surface area contributed by atoms with Crippen LogP contribution < -0.4 is 0 Å². The average Bonchev–Trinajstić information content (AvgIpc) is 3.01. The highest BCUT2D eigenvalue weighted by Crippen LogP contribution is 2.27. The molecule has 0 aliphatic rings. The molecule has 6 heteroatoms. The molecule has 0 aliphatic carbocycles. The predicted octanol–water partition coefficient (Wildman–Crippen LogP) is 4.01. The molecule has 3 rings (SSSR count). The van der Waals surface area contributed by atoms with Gasteiger partial charge < -0.3 is 5.11 Å². The van der Waals surface area contributed by atoms with E-state index in [4.69, 9.17) is 11.6 Å². The third-order valence-corrected chi connectivity index (χ3v) is 4.19. The van der Waals surface area contributed by atoms with Gasteiger partial charge in [-0.25, -0.2) is 14.1 Å². The van der Waals surface area contributed by atoms with Crippen molar-refractivity contribution in [1.82, 2.24) is 14.8 Å². The number of benzene rings is 2. The van der Waals surface area contributed by atoms with Gasteiger partial charge in [0.25, 0.3) is 0 Å². The van der Waals surface area contributed by atoms with E-state index in [1.54, 1.807) is 29.8 Å². The predicted molar refractivity (Wildman–Crippen MR) is 90.9 cm³/mol. The van der Waals surface area contributed by atoms with Crippen molar-refractivity contribution < 1.29 is 9.50 Å². The van der Waals surface area contributed by atoms with Gasteiger partial charge in [0.2, 0.25) is 0 Å². The Morgan fingerprint density at radius 2 is 2.04 bits per heavy atom. The zero-order valence-corrected chi connectivity index (χ0v) is 14.1. The number of hydrogen-bond acceptors (Lipinski definition) is 3. The maximum absolute atomic E-state index is 13.9. The van der Waals surface area contributed by atoms with Crippen LogP contribution in [0, 0.1) is 12.7 Å². The standard InChI is InChI=1S/C18H17ClFN3O/c1-11-6-7-15(9-16(11)20)23-18(21-17(10-24)22-23)12(2)13-4-3-5-14(19)8-13/h3-9,12,24H,10H2,1-2H3/t12-/m1/s1. The van der Waals surface area contributed by atoms with Gasteiger partial charge in [-0.3, -0.25) is 0 Å². The monoisotopic (exact) mass is 345 g/mol. The van der Waals surface area contributed by atoms with Crippen LogP contribution in [-0.4, -0.2) is 19.9 Å². The van der Waals surface area contributed by atoms with Crippen LogP contribution in [0.15, 0.2) is 42.5 Å². The van der Waals surface area contributed by atoms with Crippen molar-refractivity contribution >= 4 is 11.6 Å². The molecule has 3 aromatic rings. The van der Waals surface area contributed by atoms with Gasteiger partial charge >= 0.3 is 0 Å². The Hall–Kier alpha value is -2.24. The first-order valence-electron chi connectivity index (χ1n) is 7.58. The van der Waals surface area contributed by atoms with Gasteiger partial charge in [-0.2, -0.15) is 0 Å². The highest BCUT2D eigenvalue weighted by Gasteiger charge is 2.19. The molecule has 1 heterocycles. The van der Waals surface area contributed by atoms with Crippen LogP contribution in [-0.2, 0) is 6.61 Å². The number of aryl methyl sites for hydroxylation is 1. The second kappa shape index (κ2) is 6.71. The molecular formula is C18H17ClFN3O. The Bertz CT molecular complexity index is 878. The van der Waals surface area contributed by atoms with Crippen molar-refractivity contribution in [2.24, 2.45) is 0 Å². The van der Waals surface area contributed by atoms with Crippen molar-refractivity contribution in [3.63, 3.8) is 0 Å². The first kappa shape index (κ1) is 16.6. The van der Waals surface area contributed by atoms with Crippen molar-refractivity contribution in [1.29, 1.82) is 0 Å². The molecule has 0 saturated heterocycles. The summed E-state index contributed by atoms with van der Waals surface area (Å²) in [4.78, 5) is 4.40. The molecule has 0 aliphatic heterocycles. The molecule has 124 valence electrons. The summed E-state index contributed by atoms with van der Waals surface area (Å²) in [5.74, 6) is 0.472. The van der Waals surface area contributed by atoms with Gasteiger partial charge in [-0.1, -0.05) is 36.7 Å². The van der Waals surface area contributed by atoms with Crippen molar-refractivity contribution in [3.8, 4) is 5.69 Å². The van der Waals surface area contributed by atoms with Gasteiger partial charge in [-0.05, 0) is 42.3 Å². The summed E-state index contributed by atoms with van der Waals surface area (Å²) in [5.41, 5.74) is 2.09. The van der Waals surface area contributed by atoms with E-state index >= 15 is 0 Å². The fourth-order valence-corrected chi connectivity index (χ4v) is 2.74. The quantitative estimate of drug-likeness (QED) is 0.777. The van der Waals surface area contributed by atoms with Crippen LogP contribution in [0.2, 0.25) is 5.02 Å². The molecule has 0 saturated carbocycles. The number of nitrogens with zero attached hydrogens (tertiary/aromatic N) is 3. The summed E-state index contributed by atoms with van der Waals surface area (Å²) in [5, 5.41) is 14.3. The van der Waals surface area contributed by atoms with Crippen molar-refractivity contribution in [2.75, 3.05) is 0 Å². The lowest BCUT2D eigenvalue weighted by molar-refractivity contribution is 0.271. The molecule has 24 heavy (non-hydrogen) atoms. The maximum Gasteiger partial charge on any atom is 0.176 e. The number of hydrogen-bond donors (Lipinski definition) is 1. The summed E-state index contributed by atoms with van der Waals surface area (Å²) < 4.78 is 15.5. The van der Waals surface area contributed by atoms with Crippen LogP contribution in [0.4, 0.5) is 4.39 Å². The number of rotatable bonds is 4. The Morgan fingerprint density at radius 3 is 2.71 bits per heavy atom. The second-order valence-corrected chi connectivity index (χ2v) is 6.10. The second-order valence-electron chi connectivity index (χ2n) is 5.67. The van der Waals surface area contributed by atoms with E-state index in [-0.39, 0.29) is 18.3 Å². The fraction of sp³-hybridized carbons (Fsp3) is 0.222. The zero-order chi connectivity index (χ0) is 17.3. The minimum Gasteiger partial charge on any atom is -0.388 e. The lowest BCUT2D eigenvalue weighted by Crippen LogP contribution is -2.08. The van der Waals surface area contributed by atoms with E-state index in [0.717, 1.165) is 5.56 Å². The van der Waals surface area contributed by atoms with Crippen LogP contribution in [0.5, 0.6) is 0 Å². The summed E-state index contributed by atoms with van der Waals surface area (Å²) in [6, 6.07) is 12.4. The van der Waals surface area contributed by atoms with E-state index in [1.165, 1.54) is 6.07 Å². The van der Waals surface area contributed by atoms with E-state index in [0.29, 0.717) is 27.9 Å². The SMILES string of the molecule is Cc1ccc(-n2nc(CO)nc2[C@H](C)c2cccc(Cl)c2)cc1F. The topological polar surface area (TPSA) is 50.9 Å². The summed E-state index contributed by atoms with van der Waals surface area (Å²) >= 11 is 6.07. The van der Waals surface area contributed by atoms with E-state index in [9.17, 15) is 9.50 Å². The largest absolute Gasteiger partial charge is 0.388 e. The first-order chi connectivity index (χ1) is 11.5. The summed E-state index contributed by atoms with van der Waals surface area (Å²) in [7, 11) is 0. The number of aliphatic hydroxyl groups is 1. The Balaban J connectivity index is 2.10. The highest BCUT2D eigenvalue weighted by atomic mass is 35.5. The van der Waals surface area contributed by atoms with Gasteiger partial charge in [0.05, 0.1) is 5.69 Å². The minimum absolute atomic E-state index is 0.124. The van der Waals surface area contributed by atoms with Crippen LogP contribution in [0.1, 0.15) is 35.6 Å². The molecule has 0 amide bonds. The lowest BCUT2D eigenvalue weighted by atomic mass is 10.0. The molecule has 2 aromatic carbocycles. The number of halogens is 2. The molecule has 0 bridgehead atoms. The molecule has 4 nitrogen and oxygen atoms in total. The fourth-order valence-electron chi connectivity index (χ4n) is 2.54. The molecule has 0 radical (unpaired) electrons. The molecule has 0 spiro atoms. The average molecular weight is 346 g/mol. The molecule has 0 unspecified atom stereocenters. The zero-order valence-electron chi connectivity index (χ0n) is 13.4. The first-order valence-corrected chi connectivity index (χ1v) is 7.96. The minimum atomic E-state index is -0.310. The van der Waals surface area contributed by atoms with E-state index in [2.05, 4.69) is 10.1 Å². The normalized spacial score (nSPS) is 12.4. The molecule has 1 atom stereocenters. The third kappa shape index (κ3) is 3.18. The molecule has 1 aromatic heterocycles. The van der Waals surface area contributed by atoms with Gasteiger partial charge in [-0.15, -0.1) is 5.10 Å². The van der Waals surface area contributed by atoms with Gasteiger partial charge in [0.15, 0.2) is 5.82 Å². The highest BCUT2D eigenvalue weighted by molar-refractivity contribution is 6.30. The van der Waals surface area contributed by atoms with Crippen LogP contribution in [0.3, 0.4) is 0 Å². The van der Waals surface area contributed by atoms with Crippen molar-refractivity contribution in [2.45, 2.75) is 26.4 Å². The Morgan fingerprint density at radius 1 is 1.25 bits per heavy atom. The third-order valence-electron chi connectivity index (χ3n) is 3.95. The molecule has 0 fully saturated rings. The smallest absolute Gasteiger partial charge is 0.176 e. The Kier molecular flexibility index (Phi) is 4.64. The van der Waals surface area contributed by atoms with E-state index < -0.39 is 0 Å². The lowest BCUT2D eigenvalue weighted by Gasteiger charge is -2.14. The van der Waals surface area contributed by atoms with Crippen molar-refractivity contribution in [3.05, 3.63) is 76.1 Å². The van der Waals surface area contributed by atoms with Crippen LogP contribution >= 0.6 is 11.6 Å².